The van der Waals surface area contributed by atoms with Crippen molar-refractivity contribution in [1.82, 2.24) is 18.7 Å². The van der Waals surface area contributed by atoms with E-state index in [0.717, 1.165) is 56.3 Å². The number of aromatic nitrogens is 4. The normalized spacial score (nSPS) is 11.8. The van der Waals surface area contributed by atoms with Crippen LogP contribution in [0.4, 0.5) is 0 Å². The number of hydrogen-bond acceptors (Lipinski definition) is 1. The van der Waals surface area contributed by atoms with Gasteiger partial charge in [0.25, 0.3) is 0 Å². The zero-order valence-corrected chi connectivity index (χ0v) is 35.4. The first-order valence-electron chi connectivity index (χ1n) is 22.2. The molecule has 65 heavy (non-hydrogen) atoms. The number of fused-ring (bicyclic) bond motifs is 9. The van der Waals surface area contributed by atoms with Gasteiger partial charge in [0, 0.05) is 60.5 Å². The zero-order valence-electron chi connectivity index (χ0n) is 35.4. The Bertz CT molecular complexity index is 3710. The lowest BCUT2D eigenvalue weighted by Crippen LogP contribution is -1.98. The maximum absolute atomic E-state index is 5.55. The van der Waals surface area contributed by atoms with Crippen molar-refractivity contribution < 1.29 is 0 Å². The lowest BCUT2D eigenvalue weighted by Gasteiger charge is -2.16. The average molecular weight is 829 g/mol. The van der Waals surface area contributed by atoms with Crippen LogP contribution in [0.1, 0.15) is 5.56 Å². The summed E-state index contributed by atoms with van der Waals surface area (Å²) in [5, 5.41) is 7.41. The number of hydrogen-bond donors (Lipinski definition) is 0. The van der Waals surface area contributed by atoms with Crippen molar-refractivity contribution in [2.24, 2.45) is 0 Å². The molecular weight excluding hydrogens is 789 g/mol. The van der Waals surface area contributed by atoms with Crippen molar-refractivity contribution in [2.75, 3.05) is 0 Å². The topological polar surface area (TPSA) is 27.7 Å². The van der Waals surface area contributed by atoms with Gasteiger partial charge in [0.1, 0.15) is 0 Å². The Kier molecular flexibility index (Phi) is 8.33. The molecule has 9 aromatic carbocycles. The molecular formula is C61H40N4. The van der Waals surface area contributed by atoms with Gasteiger partial charge >= 0.3 is 0 Å². The molecule has 0 radical (unpaired) electrons. The molecule has 0 fully saturated rings. The van der Waals surface area contributed by atoms with Crippen LogP contribution >= 0.6 is 0 Å². The fourth-order valence-corrected chi connectivity index (χ4v) is 10.3. The van der Waals surface area contributed by atoms with E-state index >= 15 is 0 Å². The minimum absolute atomic E-state index is 0.893. The van der Waals surface area contributed by atoms with Crippen LogP contribution < -0.4 is 0 Å². The van der Waals surface area contributed by atoms with Crippen molar-refractivity contribution >= 4 is 71.5 Å². The van der Waals surface area contributed by atoms with Crippen LogP contribution in [-0.2, 0) is 0 Å². The second-order valence-corrected chi connectivity index (χ2v) is 16.9. The third-order valence-corrected chi connectivity index (χ3v) is 13.1. The smallest absolute Gasteiger partial charge is 0.0716 e. The molecule has 0 spiro atoms. The quantitative estimate of drug-likeness (QED) is 0.157. The van der Waals surface area contributed by atoms with E-state index in [-0.39, 0.29) is 0 Å². The summed E-state index contributed by atoms with van der Waals surface area (Å²) in [7, 11) is 0. The molecule has 0 atom stereocenters. The van der Waals surface area contributed by atoms with E-state index in [9.17, 15) is 0 Å². The van der Waals surface area contributed by atoms with Crippen molar-refractivity contribution in [2.45, 2.75) is 0 Å². The number of rotatable bonds is 7. The van der Waals surface area contributed by atoms with Crippen LogP contribution in [0.5, 0.6) is 0 Å². The molecule has 0 aliphatic heterocycles. The minimum Gasteiger partial charge on any atom is -0.309 e. The van der Waals surface area contributed by atoms with Crippen molar-refractivity contribution in [3.63, 3.8) is 0 Å². The van der Waals surface area contributed by atoms with Gasteiger partial charge < -0.3 is 13.7 Å². The monoisotopic (exact) mass is 828 g/mol. The van der Waals surface area contributed by atoms with Gasteiger partial charge in [0.2, 0.25) is 0 Å². The molecule has 0 saturated heterocycles. The van der Waals surface area contributed by atoms with Crippen LogP contribution in [0.2, 0.25) is 0 Å². The van der Waals surface area contributed by atoms with E-state index in [4.69, 9.17) is 4.98 Å². The van der Waals surface area contributed by atoms with Gasteiger partial charge in [-0.3, -0.25) is 0 Å². The molecule has 0 aliphatic rings. The lowest BCUT2D eigenvalue weighted by molar-refractivity contribution is 1.17. The summed E-state index contributed by atoms with van der Waals surface area (Å²) < 4.78 is 7.13. The molecule has 0 amide bonds. The summed E-state index contributed by atoms with van der Waals surface area (Å²) in [6.45, 7) is 4.27. The van der Waals surface area contributed by atoms with Gasteiger partial charge in [-0.2, -0.15) is 0 Å². The molecule has 0 N–H and O–H groups in total. The molecule has 4 heterocycles. The van der Waals surface area contributed by atoms with Gasteiger partial charge in [0.15, 0.2) is 0 Å². The molecule has 304 valence electrons. The first-order valence-corrected chi connectivity index (χ1v) is 22.2. The van der Waals surface area contributed by atoms with E-state index in [1.54, 1.807) is 0 Å². The van der Waals surface area contributed by atoms with E-state index in [1.165, 1.54) is 65.4 Å². The second kappa shape index (κ2) is 14.7. The molecule has 13 rings (SSSR count). The van der Waals surface area contributed by atoms with Crippen molar-refractivity contribution in [1.29, 1.82) is 0 Å². The minimum atomic E-state index is 0.893. The molecule has 0 bridgehead atoms. The molecule has 4 nitrogen and oxygen atoms in total. The Morgan fingerprint density at radius 3 is 0.985 bits per heavy atom. The fraction of sp³-hybridized carbons (Fsp3) is 0. The standard InChI is InChI=1S/C61H40N4/c1-2-40-33-43(37-47(34-40)65-60-31-13-7-25-52(60)53-26-8-14-32-61(53)65)44-38-54(41-17-15-19-45(35-41)63-56-27-9-3-21-48(56)49-22-4-10-28-57(49)63)62-55(39-44)42-18-16-20-46(36-42)64-58-29-11-5-23-50(58)51-24-6-12-30-59(51)64/h2-39H,1H2. The Labute approximate surface area is 375 Å². The Morgan fingerprint density at radius 1 is 0.292 bits per heavy atom. The van der Waals surface area contributed by atoms with Crippen LogP contribution in [0, 0.1) is 0 Å². The Morgan fingerprint density at radius 2 is 0.615 bits per heavy atom. The third kappa shape index (κ3) is 5.88. The lowest BCUT2D eigenvalue weighted by atomic mass is 9.97. The van der Waals surface area contributed by atoms with Crippen LogP contribution in [0.3, 0.4) is 0 Å². The molecule has 4 heteroatoms. The summed E-state index contributed by atoms with van der Waals surface area (Å²) in [6, 6.07) is 81.0. The van der Waals surface area contributed by atoms with Gasteiger partial charge in [-0.1, -0.05) is 146 Å². The highest BCUT2D eigenvalue weighted by Gasteiger charge is 2.18. The summed E-state index contributed by atoms with van der Waals surface area (Å²) in [6.07, 6.45) is 1.95. The third-order valence-electron chi connectivity index (χ3n) is 13.1. The van der Waals surface area contributed by atoms with Crippen molar-refractivity contribution in [3.05, 3.63) is 237 Å². The van der Waals surface area contributed by atoms with E-state index in [1.807, 2.05) is 6.08 Å². The molecule has 0 aliphatic carbocycles. The number of benzene rings is 9. The average Bonchev–Trinajstić information content (AvgIpc) is 4.02. The zero-order chi connectivity index (χ0) is 43.0. The van der Waals surface area contributed by atoms with Gasteiger partial charge in [-0.05, 0) is 108 Å². The van der Waals surface area contributed by atoms with Crippen LogP contribution in [0.15, 0.2) is 231 Å². The molecule has 4 aromatic heterocycles. The first-order chi connectivity index (χ1) is 32.2. The summed E-state index contributed by atoms with van der Waals surface area (Å²) in [5.74, 6) is 0. The van der Waals surface area contributed by atoms with E-state index in [2.05, 4.69) is 245 Å². The Hall–Kier alpha value is -8.73. The van der Waals surface area contributed by atoms with E-state index in [0.29, 0.717) is 0 Å². The summed E-state index contributed by atoms with van der Waals surface area (Å²) >= 11 is 0. The van der Waals surface area contributed by atoms with E-state index < -0.39 is 0 Å². The number of nitrogens with zero attached hydrogens (tertiary/aromatic N) is 4. The second-order valence-electron chi connectivity index (χ2n) is 16.9. The predicted octanol–water partition coefficient (Wildman–Crippen LogP) is 16.0. The SMILES string of the molecule is C=Cc1cc(-c2cc(-c3cccc(-n4c5ccccc5c5ccccc54)c3)nc(-c3cccc(-n4c5ccccc5c5ccccc54)c3)c2)cc(-n2c3ccccc3c3ccccc32)c1. The predicted molar refractivity (Wildman–Crippen MR) is 274 cm³/mol. The van der Waals surface area contributed by atoms with Crippen molar-refractivity contribution in [3.8, 4) is 50.7 Å². The molecule has 0 saturated carbocycles. The maximum atomic E-state index is 5.55. The summed E-state index contributed by atoms with van der Waals surface area (Å²) in [4.78, 5) is 5.55. The maximum Gasteiger partial charge on any atom is 0.0716 e. The van der Waals surface area contributed by atoms with Gasteiger partial charge in [-0.15, -0.1) is 0 Å². The molecule has 13 aromatic rings. The van der Waals surface area contributed by atoms with Crippen LogP contribution in [-0.4, -0.2) is 18.7 Å². The highest BCUT2D eigenvalue weighted by atomic mass is 15.0. The molecule has 0 unspecified atom stereocenters. The highest BCUT2D eigenvalue weighted by Crippen LogP contribution is 2.39. The number of pyridine rings is 1. The Balaban J connectivity index is 1.03. The fourth-order valence-electron chi connectivity index (χ4n) is 10.3. The number of para-hydroxylation sites is 6. The summed E-state index contributed by atoms with van der Waals surface area (Å²) in [5.41, 5.74) is 17.3. The van der Waals surface area contributed by atoms with Gasteiger partial charge in [0.05, 0.1) is 44.5 Å². The first kappa shape index (κ1) is 36.9. The van der Waals surface area contributed by atoms with Crippen LogP contribution in [0.25, 0.3) is 122 Å². The largest absolute Gasteiger partial charge is 0.309 e. The highest BCUT2D eigenvalue weighted by molar-refractivity contribution is 6.11. The van der Waals surface area contributed by atoms with Gasteiger partial charge in [-0.25, -0.2) is 4.98 Å².